The van der Waals surface area contributed by atoms with Gasteiger partial charge in [-0.25, -0.2) is 8.42 Å². The van der Waals surface area contributed by atoms with Gasteiger partial charge in [0.1, 0.15) is 0 Å². The molecule has 1 unspecified atom stereocenters. The fourth-order valence-corrected chi connectivity index (χ4v) is 5.10. The summed E-state index contributed by atoms with van der Waals surface area (Å²) >= 11 is 12.1. The van der Waals surface area contributed by atoms with E-state index in [1.54, 1.807) is 18.2 Å². The lowest BCUT2D eigenvalue weighted by Gasteiger charge is -2.34. The van der Waals surface area contributed by atoms with Crippen LogP contribution in [0.3, 0.4) is 0 Å². The molecule has 0 amide bonds. The Balaban J connectivity index is 0.00000220. The summed E-state index contributed by atoms with van der Waals surface area (Å²) < 4.78 is 26.7. The predicted octanol–water partition coefficient (Wildman–Crippen LogP) is 3.06. The van der Waals surface area contributed by atoms with Crippen molar-refractivity contribution >= 4 is 45.6 Å². The molecule has 1 aromatic rings. The highest BCUT2D eigenvalue weighted by molar-refractivity contribution is 7.88. The molecule has 2 N–H and O–H groups in total. The summed E-state index contributed by atoms with van der Waals surface area (Å²) in [4.78, 5) is 0. The first-order valence-electron chi connectivity index (χ1n) is 6.58. The van der Waals surface area contributed by atoms with Gasteiger partial charge in [0, 0.05) is 34.7 Å². The zero-order valence-corrected chi connectivity index (χ0v) is 14.6. The van der Waals surface area contributed by atoms with Gasteiger partial charge in [0.2, 0.25) is 10.0 Å². The summed E-state index contributed by atoms with van der Waals surface area (Å²) in [6.45, 7) is 0.863. The minimum atomic E-state index is -3.46. The van der Waals surface area contributed by atoms with Crippen molar-refractivity contribution in [3.05, 3.63) is 33.8 Å². The number of nitrogens with two attached hydrogens (primary N) is 1. The number of halogens is 3. The molecule has 2 rings (SSSR count). The van der Waals surface area contributed by atoms with Gasteiger partial charge in [0.25, 0.3) is 0 Å². The molecule has 0 bridgehead atoms. The molecule has 0 aromatic heterocycles. The van der Waals surface area contributed by atoms with Gasteiger partial charge in [-0.1, -0.05) is 35.7 Å². The molecular formula is C13H19Cl3N2O2S. The van der Waals surface area contributed by atoms with Crippen LogP contribution < -0.4 is 5.73 Å². The Hall–Kier alpha value is -0.0400. The molecule has 0 spiro atoms. The number of sulfonamides is 1. The molecule has 1 heterocycles. The molecule has 0 aliphatic carbocycles. The Labute approximate surface area is 142 Å². The van der Waals surface area contributed by atoms with Gasteiger partial charge in [-0.05, 0) is 25.0 Å². The van der Waals surface area contributed by atoms with Crippen molar-refractivity contribution in [3.63, 3.8) is 0 Å². The summed E-state index contributed by atoms with van der Waals surface area (Å²) in [5, 5.41) is 0.754. The van der Waals surface area contributed by atoms with Crippen LogP contribution in [0, 0.1) is 0 Å². The second kappa shape index (κ2) is 7.99. The maximum Gasteiger partial charge on any atom is 0.218 e. The quantitative estimate of drug-likeness (QED) is 0.882. The minimum Gasteiger partial charge on any atom is -0.329 e. The van der Waals surface area contributed by atoms with Crippen LogP contribution in [0.4, 0.5) is 0 Å². The third-order valence-corrected chi connectivity index (χ3v) is 6.15. The summed E-state index contributed by atoms with van der Waals surface area (Å²) in [6.07, 6.45) is 2.69. The summed E-state index contributed by atoms with van der Waals surface area (Å²) in [5.41, 5.74) is 6.14. The van der Waals surface area contributed by atoms with E-state index in [4.69, 9.17) is 28.9 Å². The third kappa shape index (κ3) is 4.47. The molecule has 1 atom stereocenters. The summed E-state index contributed by atoms with van der Waals surface area (Å²) in [6, 6.07) is 4.88. The van der Waals surface area contributed by atoms with Crippen molar-refractivity contribution in [2.24, 2.45) is 5.73 Å². The largest absolute Gasteiger partial charge is 0.329 e. The van der Waals surface area contributed by atoms with Crippen LogP contribution in [0.15, 0.2) is 18.2 Å². The molecular weight excluding hydrogens is 355 g/mol. The average molecular weight is 374 g/mol. The summed E-state index contributed by atoms with van der Waals surface area (Å²) in [5.74, 6) is -0.179. The number of benzene rings is 1. The fraction of sp³-hybridized carbons (Fsp3) is 0.538. The van der Waals surface area contributed by atoms with E-state index in [1.165, 1.54) is 4.31 Å². The van der Waals surface area contributed by atoms with Crippen LogP contribution >= 0.6 is 35.6 Å². The second-order valence-corrected chi connectivity index (χ2v) is 7.69. The SMILES string of the molecule is Cl.NCC1CCCCN1S(=O)(=O)Cc1c(Cl)cccc1Cl. The lowest BCUT2D eigenvalue weighted by Crippen LogP contribution is -2.47. The van der Waals surface area contributed by atoms with Crippen LogP contribution in [-0.4, -0.2) is 31.9 Å². The van der Waals surface area contributed by atoms with Crippen LogP contribution in [-0.2, 0) is 15.8 Å². The zero-order valence-electron chi connectivity index (χ0n) is 11.5. The second-order valence-electron chi connectivity index (χ2n) is 4.95. The summed E-state index contributed by atoms with van der Waals surface area (Å²) in [7, 11) is -3.46. The molecule has 1 saturated heterocycles. The average Bonchev–Trinajstić information content (AvgIpc) is 2.43. The van der Waals surface area contributed by atoms with E-state index in [1.807, 2.05) is 0 Å². The van der Waals surface area contributed by atoms with E-state index in [-0.39, 0.29) is 24.2 Å². The van der Waals surface area contributed by atoms with Crippen molar-refractivity contribution in [2.75, 3.05) is 13.1 Å². The van der Waals surface area contributed by atoms with E-state index >= 15 is 0 Å². The molecule has 1 aliphatic heterocycles. The smallest absolute Gasteiger partial charge is 0.218 e. The minimum absolute atomic E-state index is 0. The Bertz CT molecular complexity index is 561. The third-order valence-electron chi connectivity index (χ3n) is 3.59. The van der Waals surface area contributed by atoms with Crippen molar-refractivity contribution in [2.45, 2.75) is 31.1 Å². The van der Waals surface area contributed by atoms with Crippen molar-refractivity contribution in [1.29, 1.82) is 0 Å². The molecule has 4 nitrogen and oxygen atoms in total. The Morgan fingerprint density at radius 1 is 1.24 bits per heavy atom. The van der Waals surface area contributed by atoms with Gasteiger partial charge in [-0.15, -0.1) is 12.4 Å². The molecule has 21 heavy (non-hydrogen) atoms. The number of hydrogen-bond donors (Lipinski definition) is 1. The van der Waals surface area contributed by atoms with Crippen molar-refractivity contribution in [1.82, 2.24) is 4.31 Å². The Kier molecular flexibility index (Phi) is 7.24. The molecule has 1 fully saturated rings. The van der Waals surface area contributed by atoms with Gasteiger partial charge < -0.3 is 5.73 Å². The number of piperidine rings is 1. The van der Waals surface area contributed by atoms with E-state index in [9.17, 15) is 8.42 Å². The first-order chi connectivity index (χ1) is 9.45. The first kappa shape index (κ1) is 19.0. The molecule has 0 saturated carbocycles. The highest BCUT2D eigenvalue weighted by Crippen LogP contribution is 2.29. The lowest BCUT2D eigenvalue weighted by molar-refractivity contribution is 0.257. The van der Waals surface area contributed by atoms with Crippen molar-refractivity contribution < 1.29 is 8.42 Å². The number of rotatable bonds is 4. The zero-order chi connectivity index (χ0) is 14.8. The molecule has 120 valence electrons. The van der Waals surface area contributed by atoms with Gasteiger partial charge in [-0.3, -0.25) is 0 Å². The Morgan fingerprint density at radius 3 is 2.43 bits per heavy atom. The number of hydrogen-bond acceptors (Lipinski definition) is 3. The first-order valence-corrected chi connectivity index (χ1v) is 8.94. The van der Waals surface area contributed by atoms with E-state index in [0.717, 1.165) is 19.3 Å². The highest BCUT2D eigenvalue weighted by atomic mass is 35.5. The van der Waals surface area contributed by atoms with E-state index in [2.05, 4.69) is 0 Å². The maximum absolute atomic E-state index is 12.6. The predicted molar refractivity (Wildman–Crippen MR) is 89.7 cm³/mol. The van der Waals surface area contributed by atoms with Crippen LogP contribution in [0.2, 0.25) is 10.0 Å². The van der Waals surface area contributed by atoms with Crippen LogP contribution in [0.5, 0.6) is 0 Å². The topological polar surface area (TPSA) is 63.4 Å². The number of nitrogens with zero attached hydrogens (tertiary/aromatic N) is 1. The molecule has 1 aromatic carbocycles. The molecule has 8 heteroatoms. The van der Waals surface area contributed by atoms with Crippen LogP contribution in [0.1, 0.15) is 24.8 Å². The lowest BCUT2D eigenvalue weighted by atomic mass is 10.1. The van der Waals surface area contributed by atoms with E-state index < -0.39 is 10.0 Å². The van der Waals surface area contributed by atoms with Gasteiger partial charge >= 0.3 is 0 Å². The molecule has 0 radical (unpaired) electrons. The maximum atomic E-state index is 12.6. The van der Waals surface area contributed by atoms with Crippen LogP contribution in [0.25, 0.3) is 0 Å². The van der Waals surface area contributed by atoms with Gasteiger partial charge in [0.15, 0.2) is 0 Å². The van der Waals surface area contributed by atoms with Gasteiger partial charge in [0.05, 0.1) is 5.75 Å². The fourth-order valence-electron chi connectivity index (χ4n) is 2.51. The Morgan fingerprint density at radius 2 is 1.86 bits per heavy atom. The van der Waals surface area contributed by atoms with Gasteiger partial charge in [-0.2, -0.15) is 4.31 Å². The standard InChI is InChI=1S/C13H18Cl2N2O2S.ClH/c14-12-5-3-6-13(15)11(12)9-20(18,19)17-7-2-1-4-10(17)8-16;/h3,5-6,10H,1-2,4,7-9,16H2;1H. The highest BCUT2D eigenvalue weighted by Gasteiger charge is 2.32. The van der Waals surface area contributed by atoms with E-state index in [0.29, 0.717) is 28.7 Å². The molecule has 1 aliphatic rings. The monoisotopic (exact) mass is 372 g/mol. The van der Waals surface area contributed by atoms with Crippen molar-refractivity contribution in [3.8, 4) is 0 Å². The normalized spacial score (nSPS) is 20.0.